The molecule has 0 aliphatic heterocycles. The molecule has 0 saturated heterocycles. The first kappa shape index (κ1) is 15.0. The number of rotatable bonds is 4. The maximum atomic E-state index is 11.4. The third-order valence-electron chi connectivity index (χ3n) is 2.14. The molecule has 1 aromatic carbocycles. The van der Waals surface area contributed by atoms with Crippen LogP contribution in [0.4, 0.5) is 4.79 Å². The molecular weight excluding hydrogens is 272 g/mol. The molecule has 1 rings (SSSR count). The molecule has 102 valence electrons. The van der Waals surface area contributed by atoms with Crippen molar-refractivity contribution in [3.05, 3.63) is 47.1 Å². The van der Waals surface area contributed by atoms with Crippen LogP contribution in [0.1, 0.15) is 5.56 Å². The summed E-state index contributed by atoms with van der Waals surface area (Å²) >= 11 is 5.89. The molecule has 0 spiro atoms. The maximum absolute atomic E-state index is 11.4. The fraction of sp³-hybridized carbons (Fsp3) is 0.167. The molecule has 0 radical (unpaired) electrons. The van der Waals surface area contributed by atoms with E-state index in [0.29, 0.717) is 15.6 Å². The van der Waals surface area contributed by atoms with Gasteiger partial charge in [-0.2, -0.15) is 0 Å². The van der Waals surface area contributed by atoms with E-state index in [1.54, 1.807) is 24.3 Å². The van der Waals surface area contributed by atoms with Crippen LogP contribution in [-0.2, 0) is 16.1 Å². The topological polar surface area (TPSA) is 78.9 Å². The number of hydroxylamine groups is 2. The number of nitrogens with zero attached hydrogens (tertiary/aromatic N) is 1. The van der Waals surface area contributed by atoms with Gasteiger partial charge in [-0.15, -0.1) is 0 Å². The molecule has 0 bridgehead atoms. The predicted octanol–water partition coefficient (Wildman–Crippen LogP) is 1.93. The monoisotopic (exact) mass is 284 g/mol. The van der Waals surface area contributed by atoms with Crippen molar-refractivity contribution in [2.24, 2.45) is 0 Å². The largest absolute Gasteiger partial charge is 0.466 e. The number of ether oxygens (including phenoxy) is 1. The Morgan fingerprint density at radius 1 is 1.47 bits per heavy atom. The van der Waals surface area contributed by atoms with E-state index in [4.69, 9.17) is 11.6 Å². The van der Waals surface area contributed by atoms with Crippen molar-refractivity contribution in [2.45, 2.75) is 6.54 Å². The number of carbonyl (C=O) groups is 2. The molecule has 0 aliphatic rings. The SMILES string of the molecule is COC(=O)/C=C/NC(=O)N(O)Cc1ccccc1Cl. The van der Waals surface area contributed by atoms with Crippen molar-refractivity contribution in [1.29, 1.82) is 0 Å². The first-order valence-electron chi connectivity index (χ1n) is 5.29. The number of hydrogen-bond donors (Lipinski definition) is 2. The van der Waals surface area contributed by atoms with E-state index in [2.05, 4.69) is 10.1 Å². The van der Waals surface area contributed by atoms with Crippen LogP contribution < -0.4 is 5.32 Å². The summed E-state index contributed by atoms with van der Waals surface area (Å²) in [6.07, 6.45) is 2.09. The first-order valence-corrected chi connectivity index (χ1v) is 5.67. The maximum Gasteiger partial charge on any atom is 0.345 e. The van der Waals surface area contributed by atoms with Gasteiger partial charge in [0.05, 0.1) is 13.7 Å². The summed E-state index contributed by atoms with van der Waals surface area (Å²) in [5, 5.41) is 12.6. The average Bonchev–Trinajstić information content (AvgIpc) is 2.40. The Labute approximate surface area is 115 Å². The highest BCUT2D eigenvalue weighted by atomic mass is 35.5. The van der Waals surface area contributed by atoms with Crippen LogP contribution in [0.5, 0.6) is 0 Å². The Morgan fingerprint density at radius 2 is 2.16 bits per heavy atom. The summed E-state index contributed by atoms with van der Waals surface area (Å²) in [5.41, 5.74) is 0.596. The molecule has 7 heteroatoms. The summed E-state index contributed by atoms with van der Waals surface area (Å²) < 4.78 is 4.33. The van der Waals surface area contributed by atoms with Crippen LogP contribution in [0.25, 0.3) is 0 Å². The third-order valence-corrected chi connectivity index (χ3v) is 2.51. The Bertz CT molecular complexity index is 490. The Balaban J connectivity index is 2.52. The lowest BCUT2D eigenvalue weighted by Gasteiger charge is -2.15. The van der Waals surface area contributed by atoms with E-state index in [0.717, 1.165) is 12.3 Å². The zero-order chi connectivity index (χ0) is 14.3. The van der Waals surface area contributed by atoms with Crippen molar-refractivity contribution in [3.8, 4) is 0 Å². The molecule has 2 N–H and O–H groups in total. The van der Waals surface area contributed by atoms with Crippen LogP contribution in [0, 0.1) is 0 Å². The summed E-state index contributed by atoms with van der Waals surface area (Å²) in [7, 11) is 1.21. The molecule has 0 fully saturated rings. The fourth-order valence-corrected chi connectivity index (χ4v) is 1.38. The minimum Gasteiger partial charge on any atom is -0.466 e. The molecule has 0 saturated carbocycles. The number of esters is 1. The Hall–Kier alpha value is -2.05. The van der Waals surface area contributed by atoms with Crippen molar-refractivity contribution in [1.82, 2.24) is 10.4 Å². The summed E-state index contributed by atoms with van der Waals surface area (Å²) in [6, 6.07) is 6.03. The van der Waals surface area contributed by atoms with Gasteiger partial charge in [0.1, 0.15) is 0 Å². The average molecular weight is 285 g/mol. The van der Waals surface area contributed by atoms with Gasteiger partial charge in [0.25, 0.3) is 0 Å². The predicted molar refractivity (Wildman–Crippen MR) is 68.5 cm³/mol. The number of benzene rings is 1. The van der Waals surface area contributed by atoms with E-state index in [-0.39, 0.29) is 6.54 Å². The second-order valence-electron chi connectivity index (χ2n) is 3.46. The molecule has 2 amide bonds. The second-order valence-corrected chi connectivity index (χ2v) is 3.86. The van der Waals surface area contributed by atoms with Gasteiger partial charge < -0.3 is 10.1 Å². The van der Waals surface area contributed by atoms with E-state index < -0.39 is 12.0 Å². The van der Waals surface area contributed by atoms with E-state index in [1.807, 2.05) is 0 Å². The number of nitrogens with one attached hydrogen (secondary N) is 1. The lowest BCUT2D eigenvalue weighted by molar-refractivity contribution is -0.134. The smallest absolute Gasteiger partial charge is 0.345 e. The molecule has 0 atom stereocenters. The van der Waals surface area contributed by atoms with E-state index >= 15 is 0 Å². The highest BCUT2D eigenvalue weighted by molar-refractivity contribution is 6.31. The van der Waals surface area contributed by atoms with E-state index in [9.17, 15) is 14.8 Å². The highest BCUT2D eigenvalue weighted by Crippen LogP contribution is 2.16. The number of methoxy groups -OCH3 is 1. The number of amides is 2. The number of hydrogen-bond acceptors (Lipinski definition) is 4. The molecule has 0 heterocycles. The fourth-order valence-electron chi connectivity index (χ4n) is 1.18. The zero-order valence-electron chi connectivity index (χ0n) is 10.2. The highest BCUT2D eigenvalue weighted by Gasteiger charge is 2.11. The van der Waals surface area contributed by atoms with Gasteiger partial charge in [0, 0.05) is 17.3 Å². The minimum absolute atomic E-state index is 0.0719. The molecular formula is C12H13ClN2O4. The Morgan fingerprint density at radius 3 is 2.79 bits per heavy atom. The molecule has 0 aliphatic carbocycles. The van der Waals surface area contributed by atoms with Gasteiger partial charge in [0.2, 0.25) is 0 Å². The third kappa shape index (κ3) is 4.99. The molecule has 6 nitrogen and oxygen atoms in total. The van der Waals surface area contributed by atoms with Gasteiger partial charge in [-0.3, -0.25) is 5.21 Å². The summed E-state index contributed by atoms with van der Waals surface area (Å²) in [6.45, 7) is -0.0719. The second kappa shape index (κ2) is 7.40. The normalized spacial score (nSPS) is 10.3. The lowest BCUT2D eigenvalue weighted by atomic mass is 10.2. The van der Waals surface area contributed by atoms with Crippen LogP contribution in [0.2, 0.25) is 5.02 Å². The number of urea groups is 1. The molecule has 1 aromatic rings. The summed E-state index contributed by atoms with van der Waals surface area (Å²) in [5.74, 6) is -0.615. The van der Waals surface area contributed by atoms with Gasteiger partial charge in [-0.25, -0.2) is 14.7 Å². The van der Waals surface area contributed by atoms with E-state index in [1.165, 1.54) is 7.11 Å². The quantitative estimate of drug-likeness (QED) is 0.383. The molecule has 0 aromatic heterocycles. The number of halogens is 1. The minimum atomic E-state index is -0.792. The van der Waals surface area contributed by atoms with Crippen LogP contribution in [0.15, 0.2) is 36.5 Å². The van der Waals surface area contributed by atoms with Gasteiger partial charge >= 0.3 is 12.0 Å². The van der Waals surface area contributed by atoms with Crippen molar-refractivity contribution in [2.75, 3.05) is 7.11 Å². The van der Waals surface area contributed by atoms with Crippen molar-refractivity contribution in [3.63, 3.8) is 0 Å². The van der Waals surface area contributed by atoms with Crippen LogP contribution in [0.3, 0.4) is 0 Å². The standard InChI is InChI=1S/C12H13ClN2O4/c1-19-11(16)6-7-14-12(17)15(18)8-9-4-2-3-5-10(9)13/h2-7,18H,8H2,1H3,(H,14,17)/b7-6+. The first-order chi connectivity index (χ1) is 9.04. The van der Waals surface area contributed by atoms with Crippen LogP contribution >= 0.6 is 11.6 Å². The Kier molecular flexibility index (Phi) is 5.84. The molecule has 0 unspecified atom stereocenters. The van der Waals surface area contributed by atoms with Gasteiger partial charge in [-0.05, 0) is 11.6 Å². The lowest BCUT2D eigenvalue weighted by Crippen LogP contribution is -2.34. The van der Waals surface area contributed by atoms with Crippen molar-refractivity contribution >= 4 is 23.6 Å². The van der Waals surface area contributed by atoms with Gasteiger partial charge in [0.15, 0.2) is 0 Å². The molecule has 19 heavy (non-hydrogen) atoms. The number of carbonyl (C=O) groups excluding carboxylic acids is 2. The van der Waals surface area contributed by atoms with Gasteiger partial charge in [-0.1, -0.05) is 29.8 Å². The van der Waals surface area contributed by atoms with Crippen molar-refractivity contribution < 1.29 is 19.5 Å². The zero-order valence-corrected chi connectivity index (χ0v) is 10.9. The van der Waals surface area contributed by atoms with Crippen LogP contribution in [-0.4, -0.2) is 29.4 Å². The summed E-state index contributed by atoms with van der Waals surface area (Å²) in [4.78, 5) is 22.2.